The molecule has 4 heteroatoms. The highest BCUT2D eigenvalue weighted by molar-refractivity contribution is 5.65. The summed E-state index contributed by atoms with van der Waals surface area (Å²) < 4.78 is 0. The van der Waals surface area contributed by atoms with Gasteiger partial charge in [-0.15, -0.1) is 0 Å². The van der Waals surface area contributed by atoms with Crippen molar-refractivity contribution in [3.63, 3.8) is 0 Å². The van der Waals surface area contributed by atoms with E-state index in [9.17, 15) is 0 Å². The maximum absolute atomic E-state index is 4.77. The molecule has 26 heavy (non-hydrogen) atoms. The lowest BCUT2D eigenvalue weighted by molar-refractivity contribution is 0.827. The van der Waals surface area contributed by atoms with Crippen LogP contribution in [0.5, 0.6) is 0 Å². The second kappa shape index (κ2) is 8.48. The summed E-state index contributed by atoms with van der Waals surface area (Å²) in [6.07, 6.45) is 0. The van der Waals surface area contributed by atoms with E-state index in [1.807, 2.05) is 24.3 Å². The summed E-state index contributed by atoms with van der Waals surface area (Å²) >= 11 is 0. The number of nitrogens with zero attached hydrogens (tertiary/aromatic N) is 3. The van der Waals surface area contributed by atoms with Crippen LogP contribution in [0.4, 0.5) is 11.8 Å². The molecule has 0 amide bonds. The predicted octanol–water partition coefficient (Wildman–Crippen LogP) is 5.16. The van der Waals surface area contributed by atoms with Crippen LogP contribution in [-0.2, 0) is 0 Å². The Labute approximate surface area is 155 Å². The van der Waals surface area contributed by atoms with E-state index in [2.05, 4.69) is 73.5 Å². The average Bonchev–Trinajstić information content (AvgIpc) is 2.70. The van der Waals surface area contributed by atoms with Crippen molar-refractivity contribution >= 4 is 11.8 Å². The monoisotopic (exact) mass is 346 g/mol. The van der Waals surface area contributed by atoms with Gasteiger partial charge in [-0.25, -0.2) is 4.98 Å². The van der Waals surface area contributed by atoms with Gasteiger partial charge in [-0.05, 0) is 26.3 Å². The van der Waals surface area contributed by atoms with Crippen molar-refractivity contribution in [2.24, 2.45) is 0 Å². The highest BCUT2D eigenvalue weighted by Crippen LogP contribution is 2.25. The number of rotatable bonds is 7. The predicted molar refractivity (Wildman–Crippen MR) is 110 cm³/mol. The maximum Gasteiger partial charge on any atom is 0.225 e. The molecule has 0 aliphatic rings. The molecule has 0 aliphatic carbocycles. The van der Waals surface area contributed by atoms with Crippen molar-refractivity contribution in [3.8, 4) is 11.3 Å². The summed E-state index contributed by atoms with van der Waals surface area (Å²) in [4.78, 5) is 11.8. The number of hydrogen-bond acceptors (Lipinski definition) is 4. The van der Waals surface area contributed by atoms with Crippen molar-refractivity contribution in [2.45, 2.75) is 26.8 Å². The molecule has 3 aromatic rings. The van der Waals surface area contributed by atoms with Crippen molar-refractivity contribution < 1.29 is 0 Å². The zero-order valence-electron chi connectivity index (χ0n) is 15.7. The van der Waals surface area contributed by atoms with Gasteiger partial charge in [0.2, 0.25) is 5.95 Å². The van der Waals surface area contributed by atoms with Crippen LogP contribution in [0.2, 0.25) is 0 Å². The molecular formula is C22H26N4. The first-order valence-electron chi connectivity index (χ1n) is 9.22. The minimum Gasteiger partial charge on any atom is -0.357 e. The fraction of sp³-hybridized carbons (Fsp3) is 0.273. The van der Waals surface area contributed by atoms with E-state index < -0.39 is 0 Å². The fourth-order valence-corrected chi connectivity index (χ4v) is 2.98. The van der Waals surface area contributed by atoms with E-state index >= 15 is 0 Å². The molecule has 1 atom stereocenters. The Bertz CT molecular complexity index is 814. The maximum atomic E-state index is 4.77. The first-order chi connectivity index (χ1) is 12.7. The highest BCUT2D eigenvalue weighted by atomic mass is 15.2. The average molecular weight is 346 g/mol. The first-order valence-corrected chi connectivity index (χ1v) is 9.22. The van der Waals surface area contributed by atoms with Crippen LogP contribution >= 0.6 is 0 Å². The molecule has 0 spiro atoms. The summed E-state index contributed by atoms with van der Waals surface area (Å²) in [6, 6.07) is 22.8. The third-order valence-electron chi connectivity index (χ3n) is 4.51. The van der Waals surface area contributed by atoms with Crippen molar-refractivity contribution in [3.05, 3.63) is 72.3 Å². The molecule has 1 N–H and O–H groups in total. The standard InChI is InChI=1S/C22H26N4/c1-4-26(5-2)21-16-20(19-14-10-7-11-15-19)24-22(25-21)23-17(3)18-12-8-6-9-13-18/h6-17H,4-5H2,1-3H3,(H,23,24,25). The minimum atomic E-state index is 0.131. The molecule has 1 heterocycles. The van der Waals surface area contributed by atoms with Crippen LogP contribution in [-0.4, -0.2) is 23.1 Å². The van der Waals surface area contributed by atoms with E-state index in [1.54, 1.807) is 0 Å². The van der Waals surface area contributed by atoms with Crippen LogP contribution in [0.1, 0.15) is 32.4 Å². The van der Waals surface area contributed by atoms with Gasteiger partial charge in [-0.1, -0.05) is 60.7 Å². The molecule has 2 aromatic carbocycles. The van der Waals surface area contributed by atoms with Gasteiger partial charge in [-0.2, -0.15) is 4.98 Å². The Morgan fingerprint density at radius 1 is 0.885 bits per heavy atom. The summed E-state index contributed by atoms with van der Waals surface area (Å²) in [5, 5.41) is 3.46. The van der Waals surface area contributed by atoms with E-state index in [4.69, 9.17) is 9.97 Å². The lowest BCUT2D eigenvalue weighted by Gasteiger charge is -2.22. The molecule has 1 unspecified atom stereocenters. The normalized spacial score (nSPS) is 11.8. The first kappa shape index (κ1) is 17.9. The molecule has 0 radical (unpaired) electrons. The van der Waals surface area contributed by atoms with Gasteiger partial charge in [0.25, 0.3) is 0 Å². The van der Waals surface area contributed by atoms with Crippen LogP contribution in [0.3, 0.4) is 0 Å². The molecule has 134 valence electrons. The summed E-state index contributed by atoms with van der Waals surface area (Å²) in [5.41, 5.74) is 3.24. The molecule has 0 fully saturated rings. The van der Waals surface area contributed by atoms with Crippen molar-refractivity contribution in [1.29, 1.82) is 0 Å². The Hall–Kier alpha value is -2.88. The number of aromatic nitrogens is 2. The largest absolute Gasteiger partial charge is 0.357 e. The fourth-order valence-electron chi connectivity index (χ4n) is 2.98. The Morgan fingerprint density at radius 2 is 1.50 bits per heavy atom. The summed E-state index contributed by atoms with van der Waals surface area (Å²) in [5.74, 6) is 1.61. The molecular weight excluding hydrogens is 320 g/mol. The minimum absolute atomic E-state index is 0.131. The van der Waals surface area contributed by atoms with Gasteiger partial charge in [-0.3, -0.25) is 0 Å². The molecule has 1 aromatic heterocycles. The van der Waals surface area contributed by atoms with Gasteiger partial charge < -0.3 is 10.2 Å². The third kappa shape index (κ3) is 4.20. The number of anilines is 2. The number of hydrogen-bond donors (Lipinski definition) is 1. The van der Waals surface area contributed by atoms with E-state index in [1.165, 1.54) is 5.56 Å². The van der Waals surface area contributed by atoms with Crippen LogP contribution in [0.25, 0.3) is 11.3 Å². The van der Waals surface area contributed by atoms with Gasteiger partial charge in [0, 0.05) is 24.7 Å². The SMILES string of the molecule is CCN(CC)c1cc(-c2ccccc2)nc(NC(C)c2ccccc2)n1. The molecule has 0 aliphatic heterocycles. The Balaban J connectivity index is 1.97. The van der Waals surface area contributed by atoms with Gasteiger partial charge >= 0.3 is 0 Å². The van der Waals surface area contributed by atoms with E-state index in [0.717, 1.165) is 30.2 Å². The van der Waals surface area contributed by atoms with Crippen molar-refractivity contribution in [1.82, 2.24) is 9.97 Å². The van der Waals surface area contributed by atoms with E-state index in [0.29, 0.717) is 5.95 Å². The number of benzene rings is 2. The topological polar surface area (TPSA) is 41.1 Å². The third-order valence-corrected chi connectivity index (χ3v) is 4.51. The van der Waals surface area contributed by atoms with Crippen LogP contribution < -0.4 is 10.2 Å². The zero-order chi connectivity index (χ0) is 18.4. The molecule has 0 saturated heterocycles. The molecule has 3 rings (SSSR count). The lowest BCUT2D eigenvalue weighted by atomic mass is 10.1. The lowest BCUT2D eigenvalue weighted by Crippen LogP contribution is -2.24. The molecule has 0 saturated carbocycles. The molecule has 0 bridgehead atoms. The van der Waals surface area contributed by atoms with Gasteiger partial charge in [0.05, 0.1) is 11.7 Å². The smallest absolute Gasteiger partial charge is 0.225 e. The Kier molecular flexibility index (Phi) is 5.84. The Morgan fingerprint density at radius 3 is 2.12 bits per heavy atom. The van der Waals surface area contributed by atoms with Crippen LogP contribution in [0.15, 0.2) is 66.7 Å². The summed E-state index contributed by atoms with van der Waals surface area (Å²) in [7, 11) is 0. The van der Waals surface area contributed by atoms with Crippen molar-refractivity contribution in [2.75, 3.05) is 23.3 Å². The molecule has 4 nitrogen and oxygen atoms in total. The van der Waals surface area contributed by atoms with Gasteiger partial charge in [0.1, 0.15) is 5.82 Å². The van der Waals surface area contributed by atoms with Gasteiger partial charge in [0.15, 0.2) is 0 Å². The highest BCUT2D eigenvalue weighted by Gasteiger charge is 2.13. The van der Waals surface area contributed by atoms with E-state index in [-0.39, 0.29) is 6.04 Å². The second-order valence-electron chi connectivity index (χ2n) is 6.25. The number of nitrogens with one attached hydrogen (secondary N) is 1. The zero-order valence-corrected chi connectivity index (χ0v) is 15.7. The summed E-state index contributed by atoms with van der Waals surface area (Å²) in [6.45, 7) is 8.25. The quantitative estimate of drug-likeness (QED) is 0.641. The second-order valence-corrected chi connectivity index (χ2v) is 6.25. The van der Waals surface area contributed by atoms with Crippen LogP contribution in [0, 0.1) is 0 Å².